The van der Waals surface area contributed by atoms with Crippen molar-refractivity contribution in [2.45, 2.75) is 57.6 Å². The number of nitrogens with one attached hydrogen (secondary N) is 1. The van der Waals surface area contributed by atoms with E-state index >= 15 is 0 Å². The first kappa shape index (κ1) is 15.4. The first-order valence-corrected chi connectivity index (χ1v) is 7.10. The smallest absolute Gasteiger partial charge is 0.223 e. The molecule has 1 atom stereocenters. The Hall–Kier alpha value is -0.610. The Morgan fingerprint density at radius 1 is 1.39 bits per heavy atom. The maximum absolute atomic E-state index is 11.5. The number of rotatable bonds is 6. The zero-order chi connectivity index (χ0) is 13.6. The number of carbonyl (C=O) groups excluding carboxylic acids is 1. The average molecular weight is 256 g/mol. The van der Waals surface area contributed by atoms with E-state index in [1.807, 2.05) is 0 Å². The predicted octanol–water partition coefficient (Wildman–Crippen LogP) is 1.79. The van der Waals surface area contributed by atoms with Gasteiger partial charge in [0.1, 0.15) is 0 Å². The summed E-state index contributed by atoms with van der Waals surface area (Å²) in [7, 11) is 3.60. The van der Waals surface area contributed by atoms with Gasteiger partial charge in [-0.15, -0.1) is 0 Å². The average Bonchev–Trinajstić information content (AvgIpc) is 2.38. The summed E-state index contributed by atoms with van der Waals surface area (Å²) in [6, 6.07) is 0.494. The van der Waals surface area contributed by atoms with Gasteiger partial charge in [0.05, 0.1) is 5.60 Å². The van der Waals surface area contributed by atoms with Gasteiger partial charge in [-0.05, 0) is 25.7 Å². The summed E-state index contributed by atoms with van der Waals surface area (Å²) >= 11 is 0. The predicted molar refractivity (Wildman–Crippen MR) is 73.6 cm³/mol. The van der Waals surface area contributed by atoms with Crippen molar-refractivity contribution in [3.63, 3.8) is 0 Å². The SMILES string of the molecule is CCC1(CC)CC(NCCC(=O)N(C)C)CCO1. The lowest BCUT2D eigenvalue weighted by Crippen LogP contribution is -2.47. The molecule has 1 unspecified atom stereocenters. The van der Waals surface area contributed by atoms with Crippen LogP contribution in [-0.2, 0) is 9.53 Å². The van der Waals surface area contributed by atoms with E-state index in [2.05, 4.69) is 19.2 Å². The van der Waals surface area contributed by atoms with Gasteiger partial charge >= 0.3 is 0 Å². The fourth-order valence-electron chi connectivity index (χ4n) is 2.55. The minimum absolute atomic E-state index is 0.0570. The molecule has 0 saturated carbocycles. The molecule has 1 aliphatic heterocycles. The molecule has 1 heterocycles. The van der Waals surface area contributed by atoms with Gasteiger partial charge in [0.2, 0.25) is 5.91 Å². The van der Waals surface area contributed by atoms with Crippen LogP contribution in [-0.4, -0.2) is 49.7 Å². The lowest BCUT2D eigenvalue weighted by Gasteiger charge is -2.40. The second-order valence-electron chi connectivity index (χ2n) is 5.42. The maximum atomic E-state index is 11.5. The molecule has 4 nitrogen and oxygen atoms in total. The third-order valence-corrected chi connectivity index (χ3v) is 4.05. The molecule has 1 amide bonds. The third-order valence-electron chi connectivity index (χ3n) is 4.05. The molecular formula is C14H28N2O2. The molecule has 0 aromatic carbocycles. The van der Waals surface area contributed by atoms with Gasteiger partial charge in [-0.1, -0.05) is 13.8 Å². The van der Waals surface area contributed by atoms with Gasteiger partial charge < -0.3 is 15.0 Å². The second-order valence-corrected chi connectivity index (χ2v) is 5.42. The van der Waals surface area contributed by atoms with E-state index in [0.717, 1.165) is 38.8 Å². The van der Waals surface area contributed by atoms with Gasteiger partial charge in [-0.25, -0.2) is 0 Å². The van der Waals surface area contributed by atoms with Crippen LogP contribution >= 0.6 is 0 Å². The van der Waals surface area contributed by atoms with Crippen molar-refractivity contribution >= 4 is 5.91 Å². The van der Waals surface area contributed by atoms with Crippen molar-refractivity contribution < 1.29 is 9.53 Å². The molecule has 1 fully saturated rings. The van der Waals surface area contributed by atoms with E-state index in [1.165, 1.54) is 0 Å². The molecule has 106 valence electrons. The zero-order valence-electron chi connectivity index (χ0n) is 12.3. The lowest BCUT2D eigenvalue weighted by atomic mass is 9.86. The Balaban J connectivity index is 2.32. The third kappa shape index (κ3) is 4.25. The van der Waals surface area contributed by atoms with E-state index in [-0.39, 0.29) is 11.5 Å². The number of hydrogen-bond donors (Lipinski definition) is 1. The maximum Gasteiger partial charge on any atom is 0.223 e. The summed E-state index contributed by atoms with van der Waals surface area (Å²) in [4.78, 5) is 13.1. The van der Waals surface area contributed by atoms with Crippen LogP contribution in [0.15, 0.2) is 0 Å². The molecule has 0 aromatic heterocycles. The lowest BCUT2D eigenvalue weighted by molar-refractivity contribution is -0.128. The standard InChI is InChI=1S/C14H28N2O2/c1-5-14(6-2)11-12(8-10-18-14)15-9-7-13(17)16(3)4/h12,15H,5-11H2,1-4H3. The van der Waals surface area contributed by atoms with Crippen LogP contribution in [0, 0.1) is 0 Å². The highest BCUT2D eigenvalue weighted by Crippen LogP contribution is 2.31. The molecule has 0 aromatic rings. The van der Waals surface area contributed by atoms with Crippen molar-refractivity contribution in [1.82, 2.24) is 10.2 Å². The normalized spacial score (nSPS) is 22.8. The molecule has 1 N–H and O–H groups in total. The zero-order valence-corrected chi connectivity index (χ0v) is 12.3. The Labute approximate surface area is 111 Å². The first-order chi connectivity index (χ1) is 8.53. The van der Waals surface area contributed by atoms with Crippen LogP contribution < -0.4 is 5.32 Å². The summed E-state index contributed by atoms with van der Waals surface area (Å²) in [5.74, 6) is 0.187. The Morgan fingerprint density at radius 3 is 2.61 bits per heavy atom. The largest absolute Gasteiger partial charge is 0.375 e. The van der Waals surface area contributed by atoms with Crippen molar-refractivity contribution in [2.75, 3.05) is 27.2 Å². The van der Waals surface area contributed by atoms with Crippen LogP contribution in [0.4, 0.5) is 0 Å². The van der Waals surface area contributed by atoms with Crippen molar-refractivity contribution in [3.8, 4) is 0 Å². The van der Waals surface area contributed by atoms with E-state index in [1.54, 1.807) is 19.0 Å². The first-order valence-electron chi connectivity index (χ1n) is 7.10. The highest BCUT2D eigenvalue weighted by atomic mass is 16.5. The fourth-order valence-corrected chi connectivity index (χ4v) is 2.55. The van der Waals surface area contributed by atoms with E-state index < -0.39 is 0 Å². The molecule has 0 radical (unpaired) electrons. The van der Waals surface area contributed by atoms with Gasteiger partial charge in [-0.3, -0.25) is 4.79 Å². The molecule has 0 aliphatic carbocycles. The molecule has 4 heteroatoms. The number of nitrogens with zero attached hydrogens (tertiary/aromatic N) is 1. The van der Waals surface area contributed by atoms with Crippen LogP contribution in [0.25, 0.3) is 0 Å². The molecular weight excluding hydrogens is 228 g/mol. The van der Waals surface area contributed by atoms with Gasteiger partial charge in [-0.2, -0.15) is 0 Å². The molecule has 1 rings (SSSR count). The molecule has 0 bridgehead atoms. The second kappa shape index (κ2) is 7.10. The molecule has 0 spiro atoms. The van der Waals surface area contributed by atoms with Crippen LogP contribution in [0.5, 0.6) is 0 Å². The number of ether oxygens (including phenoxy) is 1. The molecule has 18 heavy (non-hydrogen) atoms. The van der Waals surface area contributed by atoms with Crippen molar-refractivity contribution in [3.05, 3.63) is 0 Å². The fraction of sp³-hybridized carbons (Fsp3) is 0.929. The number of amides is 1. The quantitative estimate of drug-likeness (QED) is 0.788. The highest BCUT2D eigenvalue weighted by Gasteiger charge is 2.34. The Bertz CT molecular complexity index is 263. The summed E-state index contributed by atoms with van der Waals surface area (Å²) in [6.45, 7) is 6.00. The topological polar surface area (TPSA) is 41.6 Å². The summed E-state index contributed by atoms with van der Waals surface area (Å²) in [5.41, 5.74) is 0.0570. The molecule has 1 aliphatic rings. The van der Waals surface area contributed by atoms with Gasteiger partial charge in [0.15, 0.2) is 0 Å². The minimum Gasteiger partial charge on any atom is -0.375 e. The summed E-state index contributed by atoms with van der Waals surface area (Å²) in [5, 5.41) is 3.50. The summed E-state index contributed by atoms with van der Waals surface area (Å²) in [6.07, 6.45) is 4.83. The van der Waals surface area contributed by atoms with Gasteiger partial charge in [0.25, 0.3) is 0 Å². The van der Waals surface area contributed by atoms with E-state index in [4.69, 9.17) is 4.74 Å². The van der Waals surface area contributed by atoms with Gasteiger partial charge in [0, 0.05) is 39.7 Å². The van der Waals surface area contributed by atoms with Crippen LogP contribution in [0.2, 0.25) is 0 Å². The molecule has 1 saturated heterocycles. The Morgan fingerprint density at radius 2 is 2.06 bits per heavy atom. The number of hydrogen-bond acceptors (Lipinski definition) is 3. The minimum atomic E-state index is 0.0570. The van der Waals surface area contributed by atoms with Crippen molar-refractivity contribution in [1.29, 1.82) is 0 Å². The monoisotopic (exact) mass is 256 g/mol. The van der Waals surface area contributed by atoms with Crippen molar-refractivity contribution in [2.24, 2.45) is 0 Å². The van der Waals surface area contributed by atoms with E-state index in [0.29, 0.717) is 12.5 Å². The summed E-state index contributed by atoms with van der Waals surface area (Å²) < 4.78 is 5.94. The highest BCUT2D eigenvalue weighted by molar-refractivity contribution is 5.75. The van der Waals surface area contributed by atoms with Crippen LogP contribution in [0.3, 0.4) is 0 Å². The number of carbonyl (C=O) groups is 1. The van der Waals surface area contributed by atoms with Crippen LogP contribution in [0.1, 0.15) is 46.0 Å². The Kier molecular flexibility index (Phi) is 6.09. The van der Waals surface area contributed by atoms with E-state index in [9.17, 15) is 4.79 Å².